The molecule has 13 heavy (non-hydrogen) atoms. The molecule has 1 amide bonds. The van der Waals surface area contributed by atoms with Gasteiger partial charge in [-0.05, 0) is 33.1 Å². The highest BCUT2D eigenvalue weighted by Crippen LogP contribution is 2.49. The first-order valence-electron chi connectivity index (χ1n) is 5.11. The molecule has 1 aliphatic heterocycles. The molecular formula is C10H17NO2. The zero-order valence-electron chi connectivity index (χ0n) is 8.30. The zero-order valence-corrected chi connectivity index (χ0v) is 8.30. The van der Waals surface area contributed by atoms with E-state index in [9.17, 15) is 4.79 Å². The molecule has 1 saturated carbocycles. The van der Waals surface area contributed by atoms with Gasteiger partial charge in [0.15, 0.2) is 0 Å². The second-order valence-corrected chi connectivity index (χ2v) is 4.29. The molecule has 1 saturated heterocycles. The van der Waals surface area contributed by atoms with Crippen molar-refractivity contribution in [3.63, 3.8) is 0 Å². The fourth-order valence-electron chi connectivity index (χ4n) is 2.20. The highest BCUT2D eigenvalue weighted by Gasteiger charge is 2.56. The van der Waals surface area contributed by atoms with Crippen LogP contribution in [0.4, 0.5) is 0 Å². The lowest BCUT2D eigenvalue weighted by Gasteiger charge is -2.21. The molecule has 3 unspecified atom stereocenters. The van der Waals surface area contributed by atoms with Crippen molar-refractivity contribution in [3.05, 3.63) is 0 Å². The second-order valence-electron chi connectivity index (χ2n) is 4.29. The Morgan fingerprint density at radius 2 is 2.46 bits per heavy atom. The molecule has 2 rings (SSSR count). The van der Waals surface area contributed by atoms with E-state index in [1.807, 2.05) is 6.92 Å². The van der Waals surface area contributed by atoms with Crippen molar-refractivity contribution >= 4 is 5.91 Å². The maximum atomic E-state index is 11.5. The summed E-state index contributed by atoms with van der Waals surface area (Å²) in [4.78, 5) is 11.5. The lowest BCUT2D eigenvalue weighted by molar-refractivity contribution is -0.125. The van der Waals surface area contributed by atoms with Crippen molar-refractivity contribution in [2.24, 2.45) is 5.92 Å². The van der Waals surface area contributed by atoms with Crippen LogP contribution in [0.3, 0.4) is 0 Å². The standard InChI is InChI=1S/C10H17NO2/c1-3-11-9(12)7-4-5-10(2)8(6-7)13-10/h7-8H,3-6H2,1-2H3,(H,11,12). The molecule has 0 aromatic heterocycles. The van der Waals surface area contributed by atoms with Crippen LogP contribution in [0, 0.1) is 5.92 Å². The summed E-state index contributed by atoms with van der Waals surface area (Å²) in [6.07, 6.45) is 3.30. The number of hydrogen-bond donors (Lipinski definition) is 1. The molecule has 74 valence electrons. The van der Waals surface area contributed by atoms with Crippen LogP contribution in [-0.2, 0) is 9.53 Å². The van der Waals surface area contributed by atoms with E-state index in [4.69, 9.17) is 4.74 Å². The molecule has 2 fully saturated rings. The summed E-state index contributed by atoms with van der Waals surface area (Å²) in [7, 11) is 0. The molecule has 1 aliphatic carbocycles. The third-order valence-electron chi connectivity index (χ3n) is 3.24. The number of amides is 1. The quantitative estimate of drug-likeness (QED) is 0.651. The van der Waals surface area contributed by atoms with E-state index in [1.165, 1.54) is 0 Å². The highest BCUT2D eigenvalue weighted by atomic mass is 16.6. The van der Waals surface area contributed by atoms with Crippen LogP contribution < -0.4 is 5.32 Å². The Bertz CT molecular complexity index is 229. The van der Waals surface area contributed by atoms with Gasteiger partial charge in [-0.25, -0.2) is 0 Å². The van der Waals surface area contributed by atoms with Gasteiger partial charge in [0.25, 0.3) is 0 Å². The van der Waals surface area contributed by atoms with E-state index in [1.54, 1.807) is 0 Å². The van der Waals surface area contributed by atoms with Gasteiger partial charge in [-0.2, -0.15) is 0 Å². The zero-order chi connectivity index (χ0) is 9.47. The average molecular weight is 183 g/mol. The maximum Gasteiger partial charge on any atom is 0.223 e. The van der Waals surface area contributed by atoms with Crippen molar-refractivity contribution in [2.75, 3.05) is 6.54 Å². The minimum absolute atomic E-state index is 0.128. The molecule has 0 radical (unpaired) electrons. The summed E-state index contributed by atoms with van der Waals surface area (Å²) >= 11 is 0. The molecule has 0 spiro atoms. The molecular weight excluding hydrogens is 166 g/mol. The monoisotopic (exact) mass is 183 g/mol. The molecule has 0 bridgehead atoms. The van der Waals surface area contributed by atoms with Gasteiger partial charge >= 0.3 is 0 Å². The first kappa shape index (κ1) is 9.00. The van der Waals surface area contributed by atoms with Crippen molar-refractivity contribution in [2.45, 2.75) is 44.8 Å². The summed E-state index contributed by atoms with van der Waals surface area (Å²) < 4.78 is 5.54. The average Bonchev–Trinajstić information content (AvgIpc) is 2.75. The molecule has 3 atom stereocenters. The fraction of sp³-hybridized carbons (Fsp3) is 0.900. The number of hydrogen-bond acceptors (Lipinski definition) is 2. The smallest absolute Gasteiger partial charge is 0.223 e. The lowest BCUT2D eigenvalue weighted by atomic mass is 9.82. The summed E-state index contributed by atoms with van der Waals surface area (Å²) in [5.74, 6) is 0.403. The molecule has 1 heterocycles. The Balaban J connectivity index is 1.87. The Morgan fingerprint density at radius 3 is 3.08 bits per heavy atom. The van der Waals surface area contributed by atoms with E-state index < -0.39 is 0 Å². The molecule has 3 nitrogen and oxygen atoms in total. The van der Waals surface area contributed by atoms with E-state index in [-0.39, 0.29) is 17.4 Å². The number of epoxide rings is 1. The first-order chi connectivity index (χ1) is 6.15. The van der Waals surface area contributed by atoms with Gasteiger partial charge in [0, 0.05) is 12.5 Å². The summed E-state index contributed by atoms with van der Waals surface area (Å²) in [5.41, 5.74) is 0.128. The van der Waals surface area contributed by atoms with Gasteiger partial charge in [-0.15, -0.1) is 0 Å². The third-order valence-corrected chi connectivity index (χ3v) is 3.24. The SMILES string of the molecule is CCNC(=O)C1CCC2(C)OC2C1. The predicted molar refractivity (Wildman–Crippen MR) is 49.3 cm³/mol. The van der Waals surface area contributed by atoms with Crippen molar-refractivity contribution in [1.82, 2.24) is 5.32 Å². The van der Waals surface area contributed by atoms with Crippen molar-refractivity contribution < 1.29 is 9.53 Å². The highest BCUT2D eigenvalue weighted by molar-refractivity contribution is 5.78. The summed E-state index contributed by atoms with van der Waals surface area (Å²) in [6, 6.07) is 0. The topological polar surface area (TPSA) is 41.6 Å². The van der Waals surface area contributed by atoms with Crippen LogP contribution in [0.15, 0.2) is 0 Å². The molecule has 0 aromatic rings. The van der Waals surface area contributed by atoms with Crippen molar-refractivity contribution in [3.8, 4) is 0 Å². The van der Waals surface area contributed by atoms with Gasteiger partial charge in [-0.1, -0.05) is 0 Å². The Hall–Kier alpha value is -0.570. The number of fused-ring (bicyclic) bond motifs is 1. The van der Waals surface area contributed by atoms with Crippen LogP contribution in [0.2, 0.25) is 0 Å². The summed E-state index contributed by atoms with van der Waals surface area (Å²) in [5, 5.41) is 2.87. The van der Waals surface area contributed by atoms with Gasteiger partial charge in [0.05, 0.1) is 11.7 Å². The van der Waals surface area contributed by atoms with E-state index in [0.29, 0.717) is 6.10 Å². The normalized spacial score (nSPS) is 42.3. The molecule has 1 N–H and O–H groups in total. The number of ether oxygens (including phenoxy) is 1. The minimum Gasteiger partial charge on any atom is -0.366 e. The fourth-order valence-corrected chi connectivity index (χ4v) is 2.20. The largest absolute Gasteiger partial charge is 0.366 e. The van der Waals surface area contributed by atoms with Crippen molar-refractivity contribution in [1.29, 1.82) is 0 Å². The predicted octanol–water partition coefficient (Wildman–Crippen LogP) is 1.08. The molecule has 0 aromatic carbocycles. The van der Waals surface area contributed by atoms with E-state index >= 15 is 0 Å². The third kappa shape index (κ3) is 1.57. The Labute approximate surface area is 78.8 Å². The van der Waals surface area contributed by atoms with Gasteiger partial charge in [0.2, 0.25) is 5.91 Å². The number of nitrogens with one attached hydrogen (secondary N) is 1. The van der Waals surface area contributed by atoms with Crippen LogP contribution >= 0.6 is 0 Å². The van der Waals surface area contributed by atoms with Gasteiger partial charge in [0.1, 0.15) is 0 Å². The molecule has 3 heteroatoms. The summed E-state index contributed by atoms with van der Waals surface area (Å²) in [6.45, 7) is 4.84. The Morgan fingerprint density at radius 1 is 1.69 bits per heavy atom. The van der Waals surface area contributed by atoms with E-state index in [0.717, 1.165) is 25.8 Å². The lowest BCUT2D eigenvalue weighted by Crippen LogP contribution is -2.35. The second kappa shape index (κ2) is 2.98. The first-order valence-corrected chi connectivity index (χ1v) is 5.11. The Kier molecular flexibility index (Phi) is 2.06. The van der Waals surface area contributed by atoms with Crippen LogP contribution in [-0.4, -0.2) is 24.2 Å². The molecule has 2 aliphatic rings. The number of carbonyl (C=O) groups excluding carboxylic acids is 1. The maximum absolute atomic E-state index is 11.5. The minimum atomic E-state index is 0.128. The van der Waals surface area contributed by atoms with Gasteiger partial charge < -0.3 is 10.1 Å². The van der Waals surface area contributed by atoms with Crippen LogP contribution in [0.5, 0.6) is 0 Å². The number of carbonyl (C=O) groups is 1. The number of rotatable bonds is 2. The van der Waals surface area contributed by atoms with E-state index in [2.05, 4.69) is 12.2 Å². The van der Waals surface area contributed by atoms with Gasteiger partial charge in [-0.3, -0.25) is 4.79 Å². The van der Waals surface area contributed by atoms with Crippen LogP contribution in [0.25, 0.3) is 0 Å². The van der Waals surface area contributed by atoms with Crippen LogP contribution in [0.1, 0.15) is 33.1 Å².